The molecule has 1 rings (SSSR count). The van der Waals surface area contributed by atoms with E-state index in [1.54, 1.807) is 0 Å². The minimum Gasteiger partial charge on any atom is -0.467 e. The number of likely N-dealkylation sites (tertiary alicyclic amines) is 1. The molecule has 1 fully saturated rings. The van der Waals surface area contributed by atoms with E-state index in [2.05, 4.69) is 4.74 Å². The van der Waals surface area contributed by atoms with Gasteiger partial charge < -0.3 is 9.64 Å². The summed E-state index contributed by atoms with van der Waals surface area (Å²) < 4.78 is 4.48. The zero-order chi connectivity index (χ0) is 10.0. The molecule has 0 aromatic carbocycles. The van der Waals surface area contributed by atoms with E-state index in [1.165, 1.54) is 18.9 Å². The van der Waals surface area contributed by atoms with E-state index in [4.69, 9.17) is 0 Å². The average Bonchev–Trinajstić information content (AvgIpc) is 2.46. The highest BCUT2D eigenvalue weighted by molar-refractivity contribution is 5.96. The lowest BCUT2D eigenvalue weighted by atomic mass is 10.2. The van der Waals surface area contributed by atoms with Crippen LogP contribution in [-0.2, 0) is 19.1 Å². The quantitative estimate of drug-likeness (QED) is 0.509. The molecule has 1 aliphatic rings. The highest BCUT2D eigenvalue weighted by atomic mass is 16.5. The van der Waals surface area contributed by atoms with Gasteiger partial charge in [-0.2, -0.15) is 0 Å². The molecule has 1 amide bonds. The predicted octanol–water partition coefficient (Wildman–Crippen LogP) is -0.651. The number of ether oxygens (including phenoxy) is 1. The van der Waals surface area contributed by atoms with Crippen LogP contribution in [0.2, 0.25) is 0 Å². The largest absolute Gasteiger partial charge is 0.467 e. The van der Waals surface area contributed by atoms with E-state index >= 15 is 0 Å². The van der Waals surface area contributed by atoms with Crippen molar-refractivity contribution in [3.05, 3.63) is 0 Å². The summed E-state index contributed by atoms with van der Waals surface area (Å²) in [5.41, 5.74) is 0. The Bertz CT molecular complexity index is 261. The molecule has 0 N–H and O–H groups in total. The van der Waals surface area contributed by atoms with Crippen molar-refractivity contribution in [2.75, 3.05) is 13.7 Å². The summed E-state index contributed by atoms with van der Waals surface area (Å²) in [7, 11) is 1.24. The molecule has 0 bridgehead atoms. The number of hydrogen-bond acceptors (Lipinski definition) is 4. The molecular formula is C8H11NO4. The van der Waals surface area contributed by atoms with E-state index in [0.717, 1.165) is 0 Å². The summed E-state index contributed by atoms with van der Waals surface area (Å²) in [6.07, 6.45) is 0.0756. The van der Waals surface area contributed by atoms with Crippen LogP contribution in [-0.4, -0.2) is 42.3 Å². The topological polar surface area (TPSA) is 63.7 Å². The van der Waals surface area contributed by atoms with Crippen molar-refractivity contribution in [3.63, 3.8) is 0 Å². The first-order valence-electron chi connectivity index (χ1n) is 3.93. The van der Waals surface area contributed by atoms with Crippen LogP contribution in [0.25, 0.3) is 0 Å². The standard InChI is InChI=1S/C8H11NO4/c1-5(10)9-4-6(11)3-7(9)8(12)13-2/h7H,3-4H2,1-2H3. The molecule has 1 atom stereocenters. The Labute approximate surface area is 75.6 Å². The molecule has 0 aliphatic carbocycles. The third-order valence-electron chi connectivity index (χ3n) is 2.02. The Morgan fingerprint density at radius 3 is 2.62 bits per heavy atom. The number of rotatable bonds is 1. The number of ketones is 1. The summed E-state index contributed by atoms with van der Waals surface area (Å²) in [4.78, 5) is 34.3. The molecule has 13 heavy (non-hydrogen) atoms. The molecule has 5 heteroatoms. The van der Waals surface area contributed by atoms with Gasteiger partial charge in [0.25, 0.3) is 0 Å². The Kier molecular flexibility index (Phi) is 2.65. The Morgan fingerprint density at radius 1 is 1.54 bits per heavy atom. The number of methoxy groups -OCH3 is 1. The molecule has 0 aromatic rings. The molecule has 1 saturated heterocycles. The second kappa shape index (κ2) is 3.55. The second-order valence-electron chi connectivity index (χ2n) is 2.93. The molecule has 0 saturated carbocycles. The zero-order valence-corrected chi connectivity index (χ0v) is 7.57. The van der Waals surface area contributed by atoms with Crippen LogP contribution in [0.3, 0.4) is 0 Å². The van der Waals surface area contributed by atoms with Crippen LogP contribution in [0.1, 0.15) is 13.3 Å². The highest BCUT2D eigenvalue weighted by Crippen LogP contribution is 2.15. The smallest absolute Gasteiger partial charge is 0.329 e. The molecule has 1 unspecified atom stereocenters. The van der Waals surface area contributed by atoms with Gasteiger partial charge in [-0.1, -0.05) is 0 Å². The van der Waals surface area contributed by atoms with Crippen molar-refractivity contribution < 1.29 is 19.1 Å². The molecule has 0 radical (unpaired) electrons. The highest BCUT2D eigenvalue weighted by Gasteiger charge is 2.37. The number of carbonyl (C=O) groups is 3. The van der Waals surface area contributed by atoms with Gasteiger partial charge in [0.2, 0.25) is 5.91 Å². The number of nitrogens with zero attached hydrogens (tertiary/aromatic N) is 1. The summed E-state index contributed by atoms with van der Waals surface area (Å²) in [6.45, 7) is 1.35. The molecule has 1 aliphatic heterocycles. The maximum Gasteiger partial charge on any atom is 0.329 e. The third-order valence-corrected chi connectivity index (χ3v) is 2.02. The van der Waals surface area contributed by atoms with Crippen molar-refractivity contribution >= 4 is 17.7 Å². The molecule has 0 aromatic heterocycles. The van der Waals surface area contributed by atoms with E-state index < -0.39 is 12.0 Å². The van der Waals surface area contributed by atoms with Crippen molar-refractivity contribution in [2.24, 2.45) is 0 Å². The van der Waals surface area contributed by atoms with Gasteiger partial charge in [-0.3, -0.25) is 9.59 Å². The first kappa shape index (κ1) is 9.70. The van der Waals surface area contributed by atoms with E-state index in [9.17, 15) is 14.4 Å². The van der Waals surface area contributed by atoms with Crippen molar-refractivity contribution in [1.29, 1.82) is 0 Å². The van der Waals surface area contributed by atoms with Gasteiger partial charge in [-0.15, -0.1) is 0 Å². The third kappa shape index (κ3) is 1.85. The number of Topliss-reactive ketones (excluding diaryl/α,β-unsaturated/α-hetero) is 1. The molecule has 0 spiro atoms. The van der Waals surface area contributed by atoms with Crippen LogP contribution in [0.4, 0.5) is 0 Å². The van der Waals surface area contributed by atoms with Gasteiger partial charge in [-0.25, -0.2) is 4.79 Å². The fourth-order valence-electron chi connectivity index (χ4n) is 1.37. The fraction of sp³-hybridized carbons (Fsp3) is 0.625. The molecule has 1 heterocycles. The number of hydrogen-bond donors (Lipinski definition) is 0. The first-order valence-corrected chi connectivity index (χ1v) is 3.93. The lowest BCUT2D eigenvalue weighted by molar-refractivity contribution is -0.150. The van der Waals surface area contributed by atoms with Crippen LogP contribution in [0.15, 0.2) is 0 Å². The van der Waals surface area contributed by atoms with Crippen LogP contribution in [0, 0.1) is 0 Å². The Balaban J connectivity index is 2.77. The maximum atomic E-state index is 11.1. The number of carbonyl (C=O) groups excluding carboxylic acids is 3. The van der Waals surface area contributed by atoms with Gasteiger partial charge in [0, 0.05) is 13.3 Å². The first-order chi connectivity index (χ1) is 6.06. The van der Waals surface area contributed by atoms with Gasteiger partial charge in [0.05, 0.1) is 13.7 Å². The lowest BCUT2D eigenvalue weighted by Gasteiger charge is -2.19. The van der Waals surface area contributed by atoms with E-state index in [1.807, 2.05) is 0 Å². The van der Waals surface area contributed by atoms with Crippen molar-refractivity contribution in [1.82, 2.24) is 4.90 Å². The van der Waals surface area contributed by atoms with Gasteiger partial charge >= 0.3 is 5.97 Å². The predicted molar refractivity (Wildman–Crippen MR) is 42.8 cm³/mol. The maximum absolute atomic E-state index is 11.1. The van der Waals surface area contributed by atoms with Crippen LogP contribution in [0.5, 0.6) is 0 Å². The van der Waals surface area contributed by atoms with Crippen molar-refractivity contribution in [2.45, 2.75) is 19.4 Å². The Hall–Kier alpha value is -1.39. The van der Waals surface area contributed by atoms with Crippen molar-refractivity contribution in [3.8, 4) is 0 Å². The molecule has 5 nitrogen and oxygen atoms in total. The van der Waals surface area contributed by atoms with Gasteiger partial charge in [0.1, 0.15) is 6.04 Å². The van der Waals surface area contributed by atoms with Gasteiger partial charge in [0.15, 0.2) is 5.78 Å². The molecular weight excluding hydrogens is 174 g/mol. The minimum atomic E-state index is -0.713. The van der Waals surface area contributed by atoms with E-state index in [-0.39, 0.29) is 24.7 Å². The minimum absolute atomic E-state index is 0.0229. The summed E-state index contributed by atoms with van der Waals surface area (Å²) in [5.74, 6) is -0.909. The summed E-state index contributed by atoms with van der Waals surface area (Å²) >= 11 is 0. The average molecular weight is 185 g/mol. The normalized spacial score (nSPS) is 21.8. The lowest BCUT2D eigenvalue weighted by Crippen LogP contribution is -2.39. The Morgan fingerprint density at radius 2 is 2.15 bits per heavy atom. The SMILES string of the molecule is COC(=O)C1CC(=O)CN1C(C)=O. The summed E-state index contributed by atoms with van der Waals surface area (Å²) in [5, 5.41) is 0. The summed E-state index contributed by atoms with van der Waals surface area (Å²) in [6, 6.07) is -0.713. The number of amides is 1. The monoisotopic (exact) mass is 185 g/mol. The van der Waals surface area contributed by atoms with Gasteiger partial charge in [-0.05, 0) is 0 Å². The van der Waals surface area contributed by atoms with E-state index in [0.29, 0.717) is 0 Å². The van der Waals surface area contributed by atoms with Crippen LogP contribution >= 0.6 is 0 Å². The second-order valence-corrected chi connectivity index (χ2v) is 2.93. The zero-order valence-electron chi connectivity index (χ0n) is 7.57. The number of esters is 1. The molecule has 72 valence electrons. The fourth-order valence-corrected chi connectivity index (χ4v) is 1.37. The van der Waals surface area contributed by atoms with Crippen LogP contribution < -0.4 is 0 Å².